The molecule has 0 amide bonds. The molecule has 2 aliphatic rings. The molecular formula is C19H31N3. The van der Waals surface area contributed by atoms with Crippen LogP contribution in [0.2, 0.25) is 0 Å². The third-order valence-corrected chi connectivity index (χ3v) is 5.34. The Kier molecular flexibility index (Phi) is 5.35. The quantitative estimate of drug-likeness (QED) is 0.807. The molecule has 1 unspecified atom stereocenters. The summed E-state index contributed by atoms with van der Waals surface area (Å²) in [5.41, 5.74) is 2.91. The molecule has 0 spiro atoms. The predicted octanol–water partition coefficient (Wildman–Crippen LogP) is 4.32. The second kappa shape index (κ2) is 7.45. The van der Waals surface area contributed by atoms with E-state index in [0.29, 0.717) is 6.04 Å². The molecule has 2 fully saturated rings. The van der Waals surface area contributed by atoms with Gasteiger partial charge in [-0.2, -0.15) is 0 Å². The van der Waals surface area contributed by atoms with Gasteiger partial charge in [-0.3, -0.25) is 4.90 Å². The lowest BCUT2D eigenvalue weighted by Crippen LogP contribution is -2.34. The molecule has 3 rings (SSSR count). The maximum absolute atomic E-state index is 4.81. The first-order valence-electron chi connectivity index (χ1n) is 9.25. The number of hydrogen-bond acceptors (Lipinski definition) is 3. The summed E-state index contributed by atoms with van der Waals surface area (Å²) in [7, 11) is 0. The van der Waals surface area contributed by atoms with Gasteiger partial charge in [0.2, 0.25) is 0 Å². The normalized spacial score (nSPS) is 23.2. The number of aryl methyl sites for hydroxylation is 1. The van der Waals surface area contributed by atoms with E-state index >= 15 is 0 Å². The third kappa shape index (κ3) is 3.45. The standard InChI is InChI=1S/C19H31N3/c1-3-4-10-21-11-6-5-9-18(21)17-15-20-19(14-16(17)2)22-12-7-8-13-22/h14-15,18H,3-13H2,1-2H3. The molecule has 3 nitrogen and oxygen atoms in total. The van der Waals surface area contributed by atoms with Crippen molar-refractivity contribution in [1.29, 1.82) is 0 Å². The van der Waals surface area contributed by atoms with Crippen molar-refractivity contribution >= 4 is 5.82 Å². The Morgan fingerprint density at radius 3 is 2.64 bits per heavy atom. The van der Waals surface area contributed by atoms with Crippen LogP contribution in [0.5, 0.6) is 0 Å². The Hall–Kier alpha value is -1.09. The molecule has 1 aromatic heterocycles. The lowest BCUT2D eigenvalue weighted by molar-refractivity contribution is 0.146. The molecule has 1 aromatic rings. The van der Waals surface area contributed by atoms with E-state index in [9.17, 15) is 0 Å². The molecule has 22 heavy (non-hydrogen) atoms. The summed E-state index contributed by atoms with van der Waals surface area (Å²) >= 11 is 0. The first-order chi connectivity index (χ1) is 10.8. The van der Waals surface area contributed by atoms with Gasteiger partial charge in [0.1, 0.15) is 5.82 Å². The number of anilines is 1. The second-order valence-corrected chi connectivity index (χ2v) is 6.99. The van der Waals surface area contributed by atoms with Crippen molar-refractivity contribution in [2.45, 2.75) is 64.8 Å². The van der Waals surface area contributed by atoms with E-state index < -0.39 is 0 Å². The van der Waals surface area contributed by atoms with E-state index in [1.165, 1.54) is 88.1 Å². The molecule has 0 radical (unpaired) electrons. The SMILES string of the molecule is CCCCN1CCCCC1c1cnc(N2CCCC2)cc1C. The molecule has 2 aliphatic heterocycles. The summed E-state index contributed by atoms with van der Waals surface area (Å²) in [5, 5.41) is 0. The zero-order valence-corrected chi connectivity index (χ0v) is 14.4. The molecule has 2 saturated heterocycles. The minimum atomic E-state index is 0.598. The average molecular weight is 301 g/mol. The number of piperidine rings is 1. The van der Waals surface area contributed by atoms with Gasteiger partial charge < -0.3 is 4.90 Å². The van der Waals surface area contributed by atoms with Gasteiger partial charge in [-0.25, -0.2) is 4.98 Å². The van der Waals surface area contributed by atoms with Crippen molar-refractivity contribution in [3.8, 4) is 0 Å². The van der Waals surface area contributed by atoms with Gasteiger partial charge in [0.15, 0.2) is 0 Å². The van der Waals surface area contributed by atoms with E-state index in [1.807, 2.05) is 0 Å². The molecule has 0 N–H and O–H groups in total. The van der Waals surface area contributed by atoms with Crippen LogP contribution in [0.25, 0.3) is 0 Å². The summed E-state index contributed by atoms with van der Waals surface area (Å²) in [5.74, 6) is 1.19. The number of rotatable bonds is 5. The predicted molar refractivity (Wildman–Crippen MR) is 93.5 cm³/mol. The van der Waals surface area contributed by atoms with Crippen molar-refractivity contribution < 1.29 is 0 Å². The lowest BCUT2D eigenvalue weighted by atomic mass is 9.93. The second-order valence-electron chi connectivity index (χ2n) is 6.99. The average Bonchev–Trinajstić information content (AvgIpc) is 3.08. The largest absolute Gasteiger partial charge is 0.357 e. The highest BCUT2D eigenvalue weighted by atomic mass is 15.2. The van der Waals surface area contributed by atoms with Gasteiger partial charge in [-0.05, 0) is 69.3 Å². The number of likely N-dealkylation sites (tertiary alicyclic amines) is 1. The fourth-order valence-corrected chi connectivity index (χ4v) is 3.99. The van der Waals surface area contributed by atoms with Crippen LogP contribution in [-0.4, -0.2) is 36.1 Å². The molecule has 1 atom stereocenters. The molecule has 3 heterocycles. The highest BCUT2D eigenvalue weighted by Gasteiger charge is 2.25. The maximum atomic E-state index is 4.81. The van der Waals surface area contributed by atoms with Crippen molar-refractivity contribution in [3.63, 3.8) is 0 Å². The number of hydrogen-bond donors (Lipinski definition) is 0. The maximum Gasteiger partial charge on any atom is 0.128 e. The number of unbranched alkanes of at least 4 members (excludes halogenated alkanes) is 1. The third-order valence-electron chi connectivity index (χ3n) is 5.34. The fourth-order valence-electron chi connectivity index (χ4n) is 3.99. The van der Waals surface area contributed by atoms with E-state index in [2.05, 4.69) is 35.9 Å². The van der Waals surface area contributed by atoms with Gasteiger partial charge in [0.05, 0.1) is 0 Å². The summed E-state index contributed by atoms with van der Waals surface area (Å²) in [6, 6.07) is 2.92. The number of aromatic nitrogens is 1. The zero-order chi connectivity index (χ0) is 15.4. The van der Waals surface area contributed by atoms with E-state index in [4.69, 9.17) is 4.98 Å². The molecule has 0 aliphatic carbocycles. The van der Waals surface area contributed by atoms with Gasteiger partial charge >= 0.3 is 0 Å². The summed E-state index contributed by atoms with van der Waals surface area (Å²) in [6.07, 6.45) is 11.4. The minimum Gasteiger partial charge on any atom is -0.357 e. The Bertz CT molecular complexity index is 480. The number of nitrogens with zero attached hydrogens (tertiary/aromatic N) is 3. The smallest absolute Gasteiger partial charge is 0.128 e. The van der Waals surface area contributed by atoms with Crippen LogP contribution < -0.4 is 4.90 Å². The van der Waals surface area contributed by atoms with Crippen LogP contribution in [0, 0.1) is 6.92 Å². The summed E-state index contributed by atoms with van der Waals surface area (Å²) in [4.78, 5) is 9.95. The molecule has 0 saturated carbocycles. The summed E-state index contributed by atoms with van der Waals surface area (Å²) < 4.78 is 0. The molecule has 0 bridgehead atoms. The topological polar surface area (TPSA) is 19.4 Å². The van der Waals surface area contributed by atoms with E-state index in [1.54, 1.807) is 0 Å². The monoisotopic (exact) mass is 301 g/mol. The van der Waals surface area contributed by atoms with Gasteiger partial charge in [0.25, 0.3) is 0 Å². The van der Waals surface area contributed by atoms with E-state index in [0.717, 1.165) is 0 Å². The van der Waals surface area contributed by atoms with Crippen LogP contribution >= 0.6 is 0 Å². The van der Waals surface area contributed by atoms with Gasteiger partial charge in [0, 0.05) is 25.3 Å². The molecular weight excluding hydrogens is 270 g/mol. The van der Waals surface area contributed by atoms with Crippen LogP contribution in [0.1, 0.15) is 69.0 Å². The number of pyridine rings is 1. The highest BCUT2D eigenvalue weighted by Crippen LogP contribution is 2.33. The fraction of sp³-hybridized carbons (Fsp3) is 0.737. The van der Waals surface area contributed by atoms with Crippen LogP contribution in [-0.2, 0) is 0 Å². The Balaban J connectivity index is 1.77. The van der Waals surface area contributed by atoms with Gasteiger partial charge in [-0.15, -0.1) is 0 Å². The van der Waals surface area contributed by atoms with Crippen molar-refractivity contribution in [1.82, 2.24) is 9.88 Å². The first-order valence-corrected chi connectivity index (χ1v) is 9.25. The van der Waals surface area contributed by atoms with Crippen molar-refractivity contribution in [2.24, 2.45) is 0 Å². The molecule has 3 heteroatoms. The van der Waals surface area contributed by atoms with Crippen molar-refractivity contribution in [3.05, 3.63) is 23.4 Å². The minimum absolute atomic E-state index is 0.598. The first kappa shape index (κ1) is 15.8. The molecule has 122 valence electrons. The van der Waals surface area contributed by atoms with Crippen LogP contribution in [0.4, 0.5) is 5.82 Å². The van der Waals surface area contributed by atoms with E-state index in [-0.39, 0.29) is 0 Å². The zero-order valence-electron chi connectivity index (χ0n) is 14.4. The van der Waals surface area contributed by atoms with Crippen molar-refractivity contribution in [2.75, 3.05) is 31.1 Å². The Morgan fingerprint density at radius 1 is 1.14 bits per heavy atom. The highest BCUT2D eigenvalue weighted by molar-refractivity contribution is 5.45. The Morgan fingerprint density at radius 2 is 1.91 bits per heavy atom. The Labute approximate surface area is 135 Å². The molecule has 0 aromatic carbocycles. The summed E-state index contributed by atoms with van der Waals surface area (Å²) in [6.45, 7) is 9.43. The van der Waals surface area contributed by atoms with Crippen LogP contribution in [0.3, 0.4) is 0 Å². The van der Waals surface area contributed by atoms with Gasteiger partial charge in [-0.1, -0.05) is 19.8 Å². The van der Waals surface area contributed by atoms with Crippen LogP contribution in [0.15, 0.2) is 12.3 Å². The lowest BCUT2D eigenvalue weighted by Gasteiger charge is -2.36.